The van der Waals surface area contributed by atoms with Crippen LogP contribution in [0.25, 0.3) is 60.9 Å². The summed E-state index contributed by atoms with van der Waals surface area (Å²) in [5.74, 6) is 0. The van der Waals surface area contributed by atoms with Gasteiger partial charge in [-0.25, -0.2) is 0 Å². The summed E-state index contributed by atoms with van der Waals surface area (Å²) in [6.45, 7) is 0. The van der Waals surface area contributed by atoms with Gasteiger partial charge >= 0.3 is 0 Å². The number of anilines is 3. The molecule has 8 aromatic carbocycles. The van der Waals surface area contributed by atoms with Crippen LogP contribution in [0.3, 0.4) is 0 Å². The molecule has 0 aliphatic carbocycles. The van der Waals surface area contributed by atoms with E-state index in [-0.39, 0.29) is 11.1 Å². The van der Waals surface area contributed by atoms with Gasteiger partial charge in [-0.1, -0.05) is 139 Å². The Morgan fingerprint density at radius 1 is 0.380 bits per heavy atom. The van der Waals surface area contributed by atoms with Gasteiger partial charge in [0.05, 0.1) is 35.7 Å². The normalized spacial score (nSPS) is 16.2. The topological polar surface area (TPSA) is 8.17 Å². The molecule has 0 bridgehead atoms. The Morgan fingerprint density at radius 3 is 1.74 bits per heavy atom. The lowest BCUT2D eigenvalue weighted by Gasteiger charge is -2.26. The Morgan fingerprint density at radius 2 is 0.960 bits per heavy atom. The van der Waals surface area contributed by atoms with Crippen LogP contribution in [0.1, 0.15) is 24.7 Å². The van der Waals surface area contributed by atoms with E-state index in [9.17, 15) is 6.85 Å². The molecule has 2 nitrogen and oxygen atoms in total. The van der Waals surface area contributed by atoms with E-state index in [0.717, 1.165) is 33.2 Å². The predicted octanol–water partition coefficient (Wildman–Crippen LogP) is 13.3. The number of benzene rings is 8. The zero-order valence-electron chi connectivity index (χ0n) is 44.1. The van der Waals surface area contributed by atoms with Crippen LogP contribution in [0, 0.1) is 0 Å². The number of aromatic nitrogens is 1. The van der Waals surface area contributed by atoms with E-state index in [1.807, 2.05) is 78.9 Å². The maximum absolute atomic E-state index is 9.51. The monoisotopic (exact) mass is 656 g/mol. The summed E-state index contributed by atoms with van der Waals surface area (Å²) in [7, 11) is 0. The van der Waals surface area contributed by atoms with Crippen molar-refractivity contribution in [2.75, 3.05) is 4.90 Å². The summed E-state index contributed by atoms with van der Waals surface area (Å²) in [5, 5.41) is 1.53. The molecule has 1 aromatic heterocycles. The molecule has 0 aliphatic rings. The maximum atomic E-state index is 9.51. The highest BCUT2D eigenvalue weighted by molar-refractivity contribution is 6.10. The van der Waals surface area contributed by atoms with Crippen molar-refractivity contribution in [1.82, 2.24) is 4.57 Å². The molecule has 0 aliphatic heterocycles. The Hall–Kier alpha value is -6.64. The molecule has 9 rings (SSSR count). The second kappa shape index (κ2) is 12.8. The molecule has 236 valence electrons. The third kappa shape index (κ3) is 5.43. The van der Waals surface area contributed by atoms with Crippen LogP contribution in [-0.4, -0.2) is 4.57 Å². The number of fused-ring (bicyclic) bond motifs is 3. The summed E-state index contributed by atoms with van der Waals surface area (Å²) in [5.41, 5.74) is 0.629. The predicted molar refractivity (Wildman–Crippen MR) is 212 cm³/mol. The van der Waals surface area contributed by atoms with E-state index in [4.69, 9.17) is 17.8 Å². The van der Waals surface area contributed by atoms with Crippen molar-refractivity contribution in [3.8, 4) is 39.1 Å². The summed E-state index contributed by atoms with van der Waals surface area (Å²) in [6.07, 6.45) is 0. The summed E-state index contributed by atoms with van der Waals surface area (Å²) >= 11 is 0. The molecule has 0 amide bonds. The first-order valence-electron chi connectivity index (χ1n) is 24.6. The van der Waals surface area contributed by atoms with E-state index in [2.05, 4.69) is 4.57 Å². The van der Waals surface area contributed by atoms with Gasteiger partial charge in [0, 0.05) is 33.5 Å². The van der Waals surface area contributed by atoms with Crippen molar-refractivity contribution in [2.24, 2.45) is 0 Å². The molecule has 0 N–H and O–H groups in total. The molecule has 0 radical (unpaired) electrons. The second-order valence-electron chi connectivity index (χ2n) is 11.3. The van der Waals surface area contributed by atoms with Gasteiger partial charge in [0.25, 0.3) is 0 Å². The minimum absolute atomic E-state index is 0.185. The fourth-order valence-electron chi connectivity index (χ4n) is 6.04. The molecule has 9 aromatic rings. The highest BCUT2D eigenvalue weighted by Crippen LogP contribution is 2.39. The molecule has 50 heavy (non-hydrogen) atoms. The highest BCUT2D eigenvalue weighted by Gasteiger charge is 2.16. The number of nitrogens with zero attached hydrogens (tertiary/aromatic N) is 2. The first kappa shape index (κ1) is 16.2. The zero-order chi connectivity index (χ0) is 48.9. The zero-order valence-corrected chi connectivity index (χ0v) is 26.1. The quantitative estimate of drug-likeness (QED) is 0.166. The van der Waals surface area contributed by atoms with Crippen molar-refractivity contribution in [2.45, 2.75) is 0 Å². The van der Waals surface area contributed by atoms with E-state index < -0.39 is 137 Å². The summed E-state index contributed by atoms with van der Waals surface area (Å²) < 4.78 is 162. The van der Waals surface area contributed by atoms with Crippen LogP contribution in [0.2, 0.25) is 0 Å². The lowest BCUT2D eigenvalue weighted by molar-refractivity contribution is 1.18. The number of rotatable bonds is 7. The van der Waals surface area contributed by atoms with Crippen molar-refractivity contribution in [3.05, 3.63) is 206 Å². The van der Waals surface area contributed by atoms with Gasteiger partial charge in [0.15, 0.2) is 0 Å². The fraction of sp³-hybridized carbons (Fsp3) is 0. The average molecular weight is 657 g/mol. The van der Waals surface area contributed by atoms with Gasteiger partial charge < -0.3 is 9.47 Å². The average Bonchev–Trinajstić information content (AvgIpc) is 3.67. The van der Waals surface area contributed by atoms with Gasteiger partial charge in [-0.05, 0) is 100.0 Å². The van der Waals surface area contributed by atoms with Gasteiger partial charge in [-0.2, -0.15) is 0 Å². The SMILES string of the molecule is [2H]c1c([2H])c([2H])c(-c2c([2H])c([2H])c([2H])c(N(c3c([2H])c([2H])c([2H])c([2H])c3[2H])c3c([2H])c([2H])c(-c4ccc5c(c4)c4ccccc4n5-c4ccc(-c5ccccc5)cc4)c([2H])c3[2H])c2[2H])c([2H])c1[2H]. The van der Waals surface area contributed by atoms with Crippen molar-refractivity contribution in [3.63, 3.8) is 0 Å². The number of hydrogen-bond acceptors (Lipinski definition) is 1. The van der Waals surface area contributed by atoms with Gasteiger partial charge in [-0.3, -0.25) is 0 Å². The Labute approximate surface area is 318 Å². The molecule has 1 heterocycles. The van der Waals surface area contributed by atoms with Crippen LogP contribution < -0.4 is 4.90 Å². The summed E-state index contributed by atoms with van der Waals surface area (Å²) in [4.78, 5) is 0.575. The van der Waals surface area contributed by atoms with Crippen molar-refractivity contribution in [1.29, 1.82) is 0 Å². The number of para-hydroxylation sites is 2. The molecule has 0 unspecified atom stereocenters. The lowest BCUT2D eigenvalue weighted by atomic mass is 10.0. The van der Waals surface area contributed by atoms with E-state index in [0.29, 0.717) is 10.3 Å². The smallest absolute Gasteiger partial charge is 0.0651 e. The van der Waals surface area contributed by atoms with Crippen LogP contribution >= 0.6 is 0 Å². The maximum Gasteiger partial charge on any atom is 0.0651 e. The van der Waals surface area contributed by atoms with Crippen LogP contribution in [0.15, 0.2) is 206 Å². The molecule has 0 saturated heterocycles. The molecule has 0 spiro atoms. The third-order valence-electron chi connectivity index (χ3n) is 8.33. The van der Waals surface area contributed by atoms with Gasteiger partial charge in [0.1, 0.15) is 0 Å². The first-order chi connectivity index (χ1) is 32.3. The molecule has 0 atom stereocenters. The lowest BCUT2D eigenvalue weighted by Crippen LogP contribution is -2.09. The first-order valence-corrected chi connectivity index (χ1v) is 15.6. The minimum atomic E-state index is -1.00. The van der Waals surface area contributed by atoms with Gasteiger partial charge in [0.2, 0.25) is 0 Å². The Bertz CT molecular complexity index is 3520. The fourth-order valence-corrected chi connectivity index (χ4v) is 6.04. The van der Waals surface area contributed by atoms with Gasteiger partial charge in [-0.15, -0.1) is 0 Å². The minimum Gasteiger partial charge on any atom is -0.310 e. The number of hydrogen-bond donors (Lipinski definition) is 0. The molecule has 2 heteroatoms. The molecular formula is C48H34N2. The molecule has 0 fully saturated rings. The Balaban J connectivity index is 1.30. The standard InChI is InChI=1S/C48H34N2/c1-4-13-35(14-5-1)37-23-30-43(31-24-37)50-47-22-11-10-21-45(47)46-34-40(27-32-48(46)50)38-25-28-42(29-26-38)49(41-18-8-3-9-19-41)44-20-12-17-39(33-44)36-15-6-2-7-16-36/h1-34H/i2D,3D,6D,7D,8D,9D,12D,15D,16D,17D,18D,19D,20D,25D,26D,28D,29D,33D. The molecule has 0 saturated carbocycles. The van der Waals surface area contributed by atoms with Crippen molar-refractivity contribution < 1.29 is 24.7 Å². The molecular weight excluding hydrogens is 605 g/mol. The van der Waals surface area contributed by atoms with E-state index >= 15 is 0 Å². The Kier molecular flexibility index (Phi) is 4.13. The largest absolute Gasteiger partial charge is 0.310 e. The highest BCUT2D eigenvalue weighted by atomic mass is 15.1. The van der Waals surface area contributed by atoms with E-state index in [1.165, 1.54) is 0 Å². The van der Waals surface area contributed by atoms with E-state index in [1.54, 1.807) is 18.2 Å². The van der Waals surface area contributed by atoms with Crippen LogP contribution in [0.5, 0.6) is 0 Å². The van der Waals surface area contributed by atoms with Crippen molar-refractivity contribution >= 4 is 38.9 Å². The third-order valence-corrected chi connectivity index (χ3v) is 8.33. The van der Waals surface area contributed by atoms with Crippen LogP contribution in [-0.2, 0) is 0 Å². The second-order valence-corrected chi connectivity index (χ2v) is 11.3. The van der Waals surface area contributed by atoms with Crippen LogP contribution in [0.4, 0.5) is 17.1 Å². The summed E-state index contributed by atoms with van der Waals surface area (Å²) in [6, 6.07) is 15.1.